The van der Waals surface area contributed by atoms with Gasteiger partial charge in [-0.3, -0.25) is 0 Å². The minimum absolute atomic E-state index is 0.345. The van der Waals surface area contributed by atoms with Gasteiger partial charge in [0.25, 0.3) is 0 Å². The van der Waals surface area contributed by atoms with Crippen molar-refractivity contribution in [2.45, 2.75) is 52.1 Å². The summed E-state index contributed by atoms with van der Waals surface area (Å²) in [6.07, 6.45) is 3.80. The Bertz CT molecular complexity index is 268. The second kappa shape index (κ2) is 9.14. The molecule has 98 valence electrons. The molecule has 0 bridgehead atoms. The number of ether oxygens (including phenoxy) is 1. The van der Waals surface area contributed by atoms with Crippen LogP contribution in [-0.2, 0) is 4.74 Å². The van der Waals surface area contributed by atoms with Gasteiger partial charge in [-0.25, -0.2) is 9.79 Å². The average Bonchev–Trinajstić information content (AvgIpc) is 2.19. The number of nitrogens with zero attached hydrogens (tertiary/aromatic N) is 1. The third-order valence-electron chi connectivity index (χ3n) is 1.93. The summed E-state index contributed by atoms with van der Waals surface area (Å²) in [6.45, 7) is 6.96. The Kier molecular flexibility index (Phi) is 8.64. The molecule has 0 spiro atoms. The van der Waals surface area contributed by atoms with Gasteiger partial charge >= 0.3 is 6.09 Å². The summed E-state index contributed by atoms with van der Waals surface area (Å²) in [5.74, 6) is 0. The van der Waals surface area contributed by atoms with Crippen LogP contribution >= 0.6 is 12.2 Å². The van der Waals surface area contributed by atoms with Crippen LogP contribution in [0, 0.1) is 0 Å². The molecule has 0 unspecified atom stereocenters. The molecule has 0 aliphatic rings. The minimum Gasteiger partial charge on any atom is -0.444 e. The number of aliphatic imine (C=N–C) groups is 1. The first kappa shape index (κ1) is 16.1. The number of amides is 1. The third kappa shape index (κ3) is 13.0. The molecule has 0 fully saturated rings. The van der Waals surface area contributed by atoms with E-state index in [1.54, 1.807) is 0 Å². The van der Waals surface area contributed by atoms with Crippen molar-refractivity contribution in [3.8, 4) is 0 Å². The zero-order valence-corrected chi connectivity index (χ0v) is 11.7. The summed E-state index contributed by atoms with van der Waals surface area (Å²) in [5, 5.41) is 5.07. The first-order valence-corrected chi connectivity index (χ1v) is 6.37. The molecule has 0 radical (unpaired) electrons. The standard InChI is InChI=1S/C12H22N2O2S/c1-12(2,3)16-11(15)14-9-7-5-4-6-8-13-10-17/h4-9H2,1-3H3,(H,14,15). The quantitative estimate of drug-likeness (QED) is 0.433. The van der Waals surface area contributed by atoms with Crippen LogP contribution in [0.5, 0.6) is 0 Å². The van der Waals surface area contributed by atoms with Crippen LogP contribution in [0.1, 0.15) is 46.5 Å². The van der Waals surface area contributed by atoms with Crippen molar-refractivity contribution in [1.29, 1.82) is 0 Å². The number of isothiocyanates is 1. The van der Waals surface area contributed by atoms with Crippen molar-refractivity contribution >= 4 is 23.5 Å². The Labute approximate surface area is 109 Å². The number of hydrogen-bond donors (Lipinski definition) is 1. The van der Waals surface area contributed by atoms with Gasteiger partial charge in [-0.15, -0.1) is 0 Å². The maximum absolute atomic E-state index is 11.3. The van der Waals surface area contributed by atoms with Gasteiger partial charge in [-0.1, -0.05) is 12.8 Å². The number of nitrogens with one attached hydrogen (secondary N) is 1. The van der Waals surface area contributed by atoms with E-state index in [0.29, 0.717) is 6.54 Å². The molecular formula is C12H22N2O2S. The monoisotopic (exact) mass is 258 g/mol. The number of unbranched alkanes of at least 4 members (excludes halogenated alkanes) is 3. The molecule has 4 nitrogen and oxygen atoms in total. The van der Waals surface area contributed by atoms with Crippen LogP contribution < -0.4 is 5.32 Å². The predicted molar refractivity (Wildman–Crippen MR) is 72.6 cm³/mol. The second-order valence-corrected chi connectivity index (χ2v) is 5.00. The fourth-order valence-electron chi connectivity index (χ4n) is 1.22. The summed E-state index contributed by atoms with van der Waals surface area (Å²) in [5.41, 5.74) is -0.428. The SMILES string of the molecule is CC(C)(C)OC(=O)NCCCCCCN=C=S. The van der Waals surface area contributed by atoms with Crippen LogP contribution in [0.4, 0.5) is 4.79 Å². The highest BCUT2D eigenvalue weighted by Gasteiger charge is 2.15. The molecule has 1 N–H and O–H groups in total. The lowest BCUT2D eigenvalue weighted by Gasteiger charge is -2.19. The van der Waals surface area contributed by atoms with E-state index < -0.39 is 5.60 Å². The molecule has 0 aliphatic heterocycles. The fourth-order valence-corrected chi connectivity index (χ4v) is 1.31. The van der Waals surface area contributed by atoms with Crippen LogP contribution in [0.25, 0.3) is 0 Å². The summed E-state index contributed by atoms with van der Waals surface area (Å²) < 4.78 is 5.11. The van der Waals surface area contributed by atoms with E-state index in [0.717, 1.165) is 32.2 Å². The normalized spacial score (nSPS) is 10.5. The lowest BCUT2D eigenvalue weighted by molar-refractivity contribution is 0.0527. The maximum atomic E-state index is 11.3. The number of alkyl carbamates (subject to hydrolysis) is 1. The summed E-state index contributed by atoms with van der Waals surface area (Å²) >= 11 is 4.47. The van der Waals surface area contributed by atoms with Gasteiger partial charge < -0.3 is 10.1 Å². The van der Waals surface area contributed by atoms with E-state index >= 15 is 0 Å². The fraction of sp³-hybridized carbons (Fsp3) is 0.833. The topological polar surface area (TPSA) is 50.7 Å². The van der Waals surface area contributed by atoms with Gasteiger partial charge in [-0.2, -0.15) is 0 Å². The van der Waals surface area contributed by atoms with Gasteiger partial charge in [0.05, 0.1) is 5.16 Å². The van der Waals surface area contributed by atoms with E-state index in [-0.39, 0.29) is 6.09 Å². The Morgan fingerprint density at radius 3 is 2.53 bits per heavy atom. The number of thiocarbonyl (C=S) groups is 1. The molecule has 0 aliphatic carbocycles. The number of rotatable bonds is 7. The highest BCUT2D eigenvalue weighted by atomic mass is 32.1. The lowest BCUT2D eigenvalue weighted by atomic mass is 10.2. The Hall–Kier alpha value is -0.930. The van der Waals surface area contributed by atoms with Gasteiger partial charge in [-0.05, 0) is 45.8 Å². The van der Waals surface area contributed by atoms with Crippen molar-refractivity contribution in [3.63, 3.8) is 0 Å². The molecule has 0 aromatic carbocycles. The van der Waals surface area contributed by atoms with E-state index in [4.69, 9.17) is 4.74 Å². The van der Waals surface area contributed by atoms with Crippen LogP contribution in [0.15, 0.2) is 4.99 Å². The molecular weight excluding hydrogens is 236 g/mol. The largest absolute Gasteiger partial charge is 0.444 e. The number of carbonyl (C=O) groups excluding carboxylic acids is 1. The smallest absolute Gasteiger partial charge is 0.407 e. The Morgan fingerprint density at radius 1 is 1.29 bits per heavy atom. The van der Waals surface area contributed by atoms with Crippen LogP contribution in [0.3, 0.4) is 0 Å². The molecule has 17 heavy (non-hydrogen) atoms. The lowest BCUT2D eigenvalue weighted by Crippen LogP contribution is -2.32. The molecule has 0 heterocycles. The molecule has 0 saturated heterocycles. The van der Waals surface area contributed by atoms with Crippen molar-refractivity contribution in [2.75, 3.05) is 13.1 Å². The van der Waals surface area contributed by atoms with E-state index in [1.807, 2.05) is 20.8 Å². The van der Waals surface area contributed by atoms with Gasteiger partial charge in [0.1, 0.15) is 5.60 Å². The highest BCUT2D eigenvalue weighted by molar-refractivity contribution is 7.78. The first-order valence-electron chi connectivity index (χ1n) is 5.96. The van der Waals surface area contributed by atoms with Crippen molar-refractivity contribution < 1.29 is 9.53 Å². The van der Waals surface area contributed by atoms with Gasteiger partial charge in [0, 0.05) is 13.1 Å². The zero-order valence-electron chi connectivity index (χ0n) is 10.9. The van der Waals surface area contributed by atoms with Gasteiger partial charge in [0.15, 0.2) is 0 Å². The molecule has 0 atom stereocenters. The zero-order chi connectivity index (χ0) is 13.1. The average molecular weight is 258 g/mol. The third-order valence-corrected chi connectivity index (χ3v) is 2.06. The maximum Gasteiger partial charge on any atom is 0.407 e. The van der Waals surface area contributed by atoms with E-state index in [1.165, 1.54) is 0 Å². The van der Waals surface area contributed by atoms with Crippen molar-refractivity contribution in [2.24, 2.45) is 4.99 Å². The Balaban J connectivity index is 3.34. The van der Waals surface area contributed by atoms with Crippen molar-refractivity contribution in [1.82, 2.24) is 5.32 Å². The predicted octanol–water partition coefficient (Wildman–Crippen LogP) is 3.17. The number of hydrogen-bond acceptors (Lipinski definition) is 4. The molecule has 1 amide bonds. The molecule has 0 rings (SSSR count). The summed E-state index contributed by atoms with van der Waals surface area (Å²) in [4.78, 5) is 15.1. The number of carbonyl (C=O) groups is 1. The highest BCUT2D eigenvalue weighted by Crippen LogP contribution is 2.06. The molecule has 0 aromatic heterocycles. The molecule has 5 heteroatoms. The van der Waals surface area contributed by atoms with Crippen LogP contribution in [-0.4, -0.2) is 29.9 Å². The van der Waals surface area contributed by atoms with E-state index in [2.05, 4.69) is 27.7 Å². The van der Waals surface area contributed by atoms with E-state index in [9.17, 15) is 4.79 Å². The summed E-state index contributed by atoms with van der Waals surface area (Å²) in [7, 11) is 0. The summed E-state index contributed by atoms with van der Waals surface area (Å²) in [6, 6.07) is 0. The molecule has 0 aromatic rings. The van der Waals surface area contributed by atoms with Gasteiger partial charge in [0.2, 0.25) is 0 Å². The van der Waals surface area contributed by atoms with Crippen molar-refractivity contribution in [3.05, 3.63) is 0 Å². The molecule has 0 saturated carbocycles. The van der Waals surface area contributed by atoms with Crippen LogP contribution in [0.2, 0.25) is 0 Å². The second-order valence-electron chi connectivity index (χ2n) is 4.82. The minimum atomic E-state index is -0.428. The Morgan fingerprint density at radius 2 is 1.94 bits per heavy atom. The first-order chi connectivity index (χ1) is 7.95.